The molecule has 20 heavy (non-hydrogen) atoms. The lowest BCUT2D eigenvalue weighted by atomic mass is 9.97. The first-order valence-corrected chi connectivity index (χ1v) is 5.73. The number of methoxy groups -OCH3 is 1. The molecule has 0 saturated carbocycles. The van der Waals surface area contributed by atoms with Crippen LogP contribution in [0.15, 0.2) is 18.2 Å². The number of Topliss-reactive ketones (excluding diaryl/α,β-unsaturated/α-hetero) is 1. The molecule has 0 saturated heterocycles. The van der Waals surface area contributed by atoms with Gasteiger partial charge in [0.1, 0.15) is 0 Å². The number of carbonyl (C=O) groups excluding carboxylic acids is 2. The number of ketones is 1. The molecule has 0 amide bonds. The van der Waals surface area contributed by atoms with Crippen molar-refractivity contribution in [3.05, 3.63) is 39.9 Å². The first-order chi connectivity index (χ1) is 9.18. The fourth-order valence-electron chi connectivity index (χ4n) is 1.61. The third-order valence-corrected chi connectivity index (χ3v) is 2.74. The van der Waals surface area contributed by atoms with Crippen molar-refractivity contribution in [3.63, 3.8) is 0 Å². The van der Waals surface area contributed by atoms with Gasteiger partial charge in [0.05, 0.1) is 17.7 Å². The smallest absolute Gasteiger partial charge is 0.418 e. The topological polar surface area (TPSA) is 43.4 Å². The highest BCUT2D eigenvalue weighted by Crippen LogP contribution is 2.39. The van der Waals surface area contributed by atoms with E-state index in [0.717, 1.165) is 32.3 Å². The predicted molar refractivity (Wildman–Crippen MR) is 67.5 cm³/mol. The summed E-state index contributed by atoms with van der Waals surface area (Å²) >= 11 is 5.53. The summed E-state index contributed by atoms with van der Waals surface area (Å²) in [6.45, 7) is 0.996. The maximum Gasteiger partial charge on any atom is 0.418 e. The summed E-state index contributed by atoms with van der Waals surface area (Å²) in [6.07, 6.45) is -2.77. The molecule has 1 aromatic carbocycles. The molecule has 0 aliphatic rings. The molecule has 0 heterocycles. The van der Waals surface area contributed by atoms with Crippen LogP contribution in [-0.2, 0) is 15.7 Å². The van der Waals surface area contributed by atoms with Crippen molar-refractivity contribution >= 4 is 29.4 Å². The number of alkyl halides is 3. The van der Waals surface area contributed by atoms with E-state index in [1.54, 1.807) is 0 Å². The first-order valence-electron chi connectivity index (χ1n) is 5.35. The Bertz CT molecular complexity index is 577. The second kappa shape index (κ2) is 6.09. The second-order valence-electron chi connectivity index (χ2n) is 3.80. The Morgan fingerprint density at radius 2 is 1.90 bits per heavy atom. The molecule has 0 fully saturated rings. The molecule has 0 aromatic heterocycles. The van der Waals surface area contributed by atoms with Gasteiger partial charge in [0.25, 0.3) is 0 Å². The summed E-state index contributed by atoms with van der Waals surface area (Å²) < 4.78 is 43.2. The summed E-state index contributed by atoms with van der Waals surface area (Å²) in [4.78, 5) is 22.5. The number of rotatable bonds is 3. The summed E-state index contributed by atoms with van der Waals surface area (Å²) in [5, 5.41) is -0.571. The number of hydrogen-bond acceptors (Lipinski definition) is 3. The normalized spacial score (nSPS) is 11.7. The van der Waals surface area contributed by atoms with Gasteiger partial charge < -0.3 is 4.74 Å². The standard InChI is InChI=1S/C13H10ClF3O3/c1-7(18)11-8(4-6-10(19)20-2)3-5-9(14)12(11)13(15,16)17/h3-6H,1-2H3/b6-4+. The molecule has 0 bridgehead atoms. The highest BCUT2D eigenvalue weighted by Gasteiger charge is 2.37. The van der Waals surface area contributed by atoms with Gasteiger partial charge in [-0.1, -0.05) is 17.7 Å². The van der Waals surface area contributed by atoms with E-state index >= 15 is 0 Å². The van der Waals surface area contributed by atoms with Crippen LogP contribution in [0.25, 0.3) is 6.08 Å². The molecular formula is C13H10ClF3O3. The van der Waals surface area contributed by atoms with Gasteiger partial charge in [0.15, 0.2) is 5.78 Å². The minimum atomic E-state index is -4.77. The maximum atomic E-state index is 13.0. The van der Waals surface area contributed by atoms with Crippen molar-refractivity contribution in [2.24, 2.45) is 0 Å². The molecule has 0 N–H and O–H groups in total. The molecule has 0 aliphatic carbocycles. The van der Waals surface area contributed by atoms with Crippen LogP contribution in [0.1, 0.15) is 28.4 Å². The van der Waals surface area contributed by atoms with Gasteiger partial charge in [-0.05, 0) is 24.6 Å². The van der Waals surface area contributed by atoms with E-state index in [0.29, 0.717) is 0 Å². The average Bonchev–Trinajstić information content (AvgIpc) is 2.34. The zero-order chi connectivity index (χ0) is 15.5. The lowest BCUT2D eigenvalue weighted by Crippen LogP contribution is -2.14. The number of halogens is 4. The van der Waals surface area contributed by atoms with Crippen LogP contribution < -0.4 is 0 Å². The van der Waals surface area contributed by atoms with Crippen LogP contribution in [0.5, 0.6) is 0 Å². The van der Waals surface area contributed by atoms with E-state index in [-0.39, 0.29) is 5.56 Å². The van der Waals surface area contributed by atoms with Crippen molar-refractivity contribution in [1.82, 2.24) is 0 Å². The summed E-state index contributed by atoms with van der Waals surface area (Å²) in [7, 11) is 1.13. The zero-order valence-corrected chi connectivity index (χ0v) is 11.3. The summed E-state index contributed by atoms with van der Waals surface area (Å²) in [6, 6.07) is 2.25. The summed E-state index contributed by atoms with van der Waals surface area (Å²) in [5.74, 6) is -1.55. The van der Waals surface area contributed by atoms with E-state index in [4.69, 9.17) is 11.6 Å². The SMILES string of the molecule is COC(=O)/C=C/c1ccc(Cl)c(C(F)(F)F)c1C(C)=O. The molecule has 0 spiro atoms. The van der Waals surface area contributed by atoms with Crippen molar-refractivity contribution in [3.8, 4) is 0 Å². The predicted octanol–water partition coefficient (Wildman–Crippen LogP) is 3.75. The lowest BCUT2D eigenvalue weighted by Gasteiger charge is -2.15. The number of ether oxygens (including phenoxy) is 1. The quantitative estimate of drug-likeness (QED) is 0.485. The number of carbonyl (C=O) groups is 2. The van der Waals surface area contributed by atoms with Gasteiger partial charge >= 0.3 is 12.1 Å². The van der Waals surface area contributed by atoms with Gasteiger partial charge in [0, 0.05) is 11.6 Å². The molecule has 7 heteroatoms. The highest BCUT2D eigenvalue weighted by atomic mass is 35.5. The third-order valence-electron chi connectivity index (χ3n) is 2.42. The van der Waals surface area contributed by atoms with Crippen LogP contribution in [0.4, 0.5) is 13.2 Å². The molecular weight excluding hydrogens is 297 g/mol. The van der Waals surface area contributed by atoms with E-state index in [9.17, 15) is 22.8 Å². The Kier molecular flexibility index (Phi) is 4.94. The van der Waals surface area contributed by atoms with Crippen molar-refractivity contribution in [2.75, 3.05) is 7.11 Å². The Morgan fingerprint density at radius 3 is 2.35 bits per heavy atom. The molecule has 0 aliphatic heterocycles. The Hall–Kier alpha value is -1.82. The molecule has 0 atom stereocenters. The molecule has 1 aromatic rings. The Morgan fingerprint density at radius 1 is 1.30 bits per heavy atom. The van der Waals surface area contributed by atoms with Crippen molar-refractivity contribution < 1.29 is 27.5 Å². The molecule has 0 radical (unpaired) electrons. The lowest BCUT2D eigenvalue weighted by molar-refractivity contribution is -0.138. The second-order valence-corrected chi connectivity index (χ2v) is 4.20. The van der Waals surface area contributed by atoms with E-state index < -0.39 is 34.1 Å². The number of hydrogen-bond donors (Lipinski definition) is 0. The largest absolute Gasteiger partial charge is 0.466 e. The van der Waals surface area contributed by atoms with Gasteiger partial charge in [-0.15, -0.1) is 0 Å². The van der Waals surface area contributed by atoms with E-state index in [1.165, 1.54) is 6.07 Å². The van der Waals surface area contributed by atoms with Crippen molar-refractivity contribution in [1.29, 1.82) is 0 Å². The summed E-state index contributed by atoms with van der Waals surface area (Å²) in [5.41, 5.74) is -1.84. The fraction of sp³-hybridized carbons (Fsp3) is 0.231. The highest BCUT2D eigenvalue weighted by molar-refractivity contribution is 6.32. The van der Waals surface area contributed by atoms with E-state index in [1.807, 2.05) is 0 Å². The number of benzene rings is 1. The van der Waals surface area contributed by atoms with E-state index in [2.05, 4.69) is 4.74 Å². The van der Waals surface area contributed by atoms with Gasteiger partial charge in [0.2, 0.25) is 0 Å². The van der Waals surface area contributed by atoms with Gasteiger partial charge in [-0.25, -0.2) is 4.79 Å². The van der Waals surface area contributed by atoms with Gasteiger partial charge in [-0.2, -0.15) is 13.2 Å². The Labute approximate surface area is 118 Å². The molecule has 108 valence electrons. The Balaban J connectivity index is 3.52. The molecule has 1 rings (SSSR count). The third kappa shape index (κ3) is 3.60. The van der Waals surface area contributed by atoms with Crippen LogP contribution in [0.3, 0.4) is 0 Å². The minimum absolute atomic E-state index is 0.0559. The zero-order valence-electron chi connectivity index (χ0n) is 10.5. The van der Waals surface area contributed by atoms with Crippen LogP contribution in [-0.4, -0.2) is 18.9 Å². The number of esters is 1. The van der Waals surface area contributed by atoms with Crippen LogP contribution in [0.2, 0.25) is 5.02 Å². The molecule has 3 nitrogen and oxygen atoms in total. The van der Waals surface area contributed by atoms with Gasteiger partial charge in [-0.3, -0.25) is 4.79 Å². The fourth-order valence-corrected chi connectivity index (χ4v) is 1.88. The van der Waals surface area contributed by atoms with Crippen LogP contribution in [0, 0.1) is 0 Å². The maximum absolute atomic E-state index is 13.0. The van der Waals surface area contributed by atoms with Crippen LogP contribution >= 0.6 is 11.6 Å². The first kappa shape index (κ1) is 16.2. The minimum Gasteiger partial charge on any atom is -0.466 e. The average molecular weight is 307 g/mol. The molecule has 0 unspecified atom stereocenters. The van der Waals surface area contributed by atoms with Crippen molar-refractivity contribution in [2.45, 2.75) is 13.1 Å². The monoisotopic (exact) mass is 306 g/mol.